The molecule has 0 rings (SSSR count). The van der Waals surface area contributed by atoms with Crippen molar-refractivity contribution in [2.45, 2.75) is 316 Å². The Bertz CT molecular complexity index is 1420. The minimum absolute atomic E-state index is 0.0817. The molecule has 0 aliphatic rings. The summed E-state index contributed by atoms with van der Waals surface area (Å²) in [5.41, 5.74) is 0. The van der Waals surface area contributed by atoms with Gasteiger partial charge < -0.3 is 14.2 Å². The molecule has 0 saturated carbocycles. The monoisotopic (exact) mass is 1030 g/mol. The van der Waals surface area contributed by atoms with Crippen molar-refractivity contribution in [2.75, 3.05) is 13.2 Å². The van der Waals surface area contributed by atoms with Crippen molar-refractivity contribution in [3.8, 4) is 0 Å². The van der Waals surface area contributed by atoms with E-state index < -0.39 is 6.10 Å². The molecule has 0 amide bonds. The molecule has 1 unspecified atom stereocenters. The summed E-state index contributed by atoms with van der Waals surface area (Å²) in [6.07, 6.45) is 81.5. The third-order valence-electron chi connectivity index (χ3n) is 13.6. The summed E-state index contributed by atoms with van der Waals surface area (Å²) in [5.74, 6) is -0.884. The van der Waals surface area contributed by atoms with Gasteiger partial charge in [0, 0.05) is 19.3 Å². The summed E-state index contributed by atoms with van der Waals surface area (Å²) < 4.78 is 16.9. The molecule has 0 radical (unpaired) electrons. The van der Waals surface area contributed by atoms with Crippen LogP contribution in [0.2, 0.25) is 0 Å². The zero-order valence-corrected chi connectivity index (χ0v) is 48.8. The largest absolute Gasteiger partial charge is 0.462 e. The van der Waals surface area contributed by atoms with Crippen molar-refractivity contribution in [3.05, 3.63) is 85.1 Å². The third kappa shape index (κ3) is 59.5. The molecular formula is C68H118O6. The summed E-state index contributed by atoms with van der Waals surface area (Å²) >= 11 is 0. The molecule has 0 aromatic carbocycles. The quantitative estimate of drug-likeness (QED) is 0.0261. The maximum absolute atomic E-state index is 12.9. The van der Waals surface area contributed by atoms with Crippen LogP contribution < -0.4 is 0 Å². The van der Waals surface area contributed by atoms with Gasteiger partial charge in [0.05, 0.1) is 0 Å². The molecule has 0 aliphatic heterocycles. The first-order valence-corrected chi connectivity index (χ1v) is 31.6. The summed E-state index contributed by atoms with van der Waals surface area (Å²) in [4.78, 5) is 38.3. The maximum atomic E-state index is 12.9. The smallest absolute Gasteiger partial charge is 0.306 e. The molecule has 6 nitrogen and oxygen atoms in total. The molecule has 0 bridgehead atoms. The van der Waals surface area contributed by atoms with Gasteiger partial charge in [-0.2, -0.15) is 0 Å². The van der Waals surface area contributed by atoms with Crippen LogP contribution in [0.4, 0.5) is 0 Å². The molecule has 0 aliphatic carbocycles. The molecule has 74 heavy (non-hydrogen) atoms. The average Bonchev–Trinajstić information content (AvgIpc) is 3.40. The molecule has 0 aromatic heterocycles. The highest BCUT2D eigenvalue weighted by Gasteiger charge is 2.19. The zero-order valence-electron chi connectivity index (χ0n) is 48.8. The van der Waals surface area contributed by atoms with Crippen LogP contribution in [0.15, 0.2) is 85.1 Å². The van der Waals surface area contributed by atoms with Gasteiger partial charge >= 0.3 is 17.9 Å². The Morgan fingerprint density at radius 1 is 0.284 bits per heavy atom. The lowest BCUT2D eigenvalue weighted by atomic mass is 10.0. The van der Waals surface area contributed by atoms with Crippen molar-refractivity contribution in [1.82, 2.24) is 0 Å². The van der Waals surface area contributed by atoms with Crippen LogP contribution in [0.5, 0.6) is 0 Å². The molecule has 0 heterocycles. The second-order valence-corrected chi connectivity index (χ2v) is 20.9. The van der Waals surface area contributed by atoms with Crippen LogP contribution in [-0.2, 0) is 28.6 Å². The predicted molar refractivity (Wildman–Crippen MR) is 321 cm³/mol. The number of unbranched alkanes of at least 4 members (excludes halogenated alkanes) is 32. The molecule has 6 heteroatoms. The van der Waals surface area contributed by atoms with Crippen LogP contribution in [-0.4, -0.2) is 37.2 Å². The predicted octanol–water partition coefficient (Wildman–Crippen LogP) is 21.5. The van der Waals surface area contributed by atoms with Crippen molar-refractivity contribution < 1.29 is 28.6 Å². The van der Waals surface area contributed by atoms with Crippen LogP contribution in [0.1, 0.15) is 310 Å². The van der Waals surface area contributed by atoms with Gasteiger partial charge in [0.25, 0.3) is 0 Å². The summed E-state index contributed by atoms with van der Waals surface area (Å²) in [6, 6.07) is 0. The number of esters is 3. The second-order valence-electron chi connectivity index (χ2n) is 20.9. The minimum atomic E-state index is -0.784. The van der Waals surface area contributed by atoms with Gasteiger partial charge in [0.2, 0.25) is 0 Å². The van der Waals surface area contributed by atoms with E-state index in [1.165, 1.54) is 154 Å². The highest BCUT2D eigenvalue weighted by atomic mass is 16.6. The summed E-state index contributed by atoms with van der Waals surface area (Å²) in [5, 5.41) is 0. The number of carbonyl (C=O) groups excluding carboxylic acids is 3. The lowest BCUT2D eigenvalue weighted by molar-refractivity contribution is -0.167. The van der Waals surface area contributed by atoms with E-state index in [9.17, 15) is 14.4 Å². The van der Waals surface area contributed by atoms with Gasteiger partial charge in [-0.25, -0.2) is 0 Å². The van der Waals surface area contributed by atoms with Crippen LogP contribution in [0.3, 0.4) is 0 Å². The molecule has 0 saturated heterocycles. The fourth-order valence-electron chi connectivity index (χ4n) is 8.98. The van der Waals surface area contributed by atoms with E-state index in [0.29, 0.717) is 19.3 Å². The van der Waals surface area contributed by atoms with Crippen molar-refractivity contribution >= 4 is 17.9 Å². The van der Waals surface area contributed by atoms with Crippen molar-refractivity contribution in [2.24, 2.45) is 0 Å². The van der Waals surface area contributed by atoms with Gasteiger partial charge in [-0.15, -0.1) is 0 Å². The van der Waals surface area contributed by atoms with Crippen LogP contribution in [0, 0.1) is 0 Å². The van der Waals surface area contributed by atoms with Gasteiger partial charge in [0.1, 0.15) is 13.2 Å². The number of hydrogen-bond acceptors (Lipinski definition) is 6. The molecule has 0 spiro atoms. The molecule has 426 valence electrons. The summed E-state index contributed by atoms with van der Waals surface area (Å²) in [6.45, 7) is 6.44. The first-order valence-electron chi connectivity index (χ1n) is 31.6. The Morgan fingerprint density at radius 2 is 0.527 bits per heavy atom. The fourth-order valence-corrected chi connectivity index (χ4v) is 8.98. The van der Waals surface area contributed by atoms with Crippen LogP contribution in [0.25, 0.3) is 0 Å². The highest BCUT2D eigenvalue weighted by Crippen LogP contribution is 2.17. The second kappa shape index (κ2) is 62.1. The third-order valence-corrected chi connectivity index (χ3v) is 13.6. The molecule has 0 N–H and O–H groups in total. The van der Waals surface area contributed by atoms with Crippen molar-refractivity contribution in [3.63, 3.8) is 0 Å². The van der Waals surface area contributed by atoms with Gasteiger partial charge in [-0.3, -0.25) is 14.4 Å². The fraction of sp³-hybridized carbons (Fsp3) is 0.750. The SMILES string of the molecule is CC/C=C\C/C=C\C/C=C\C/C=C\CCCCCCCCCCC(=O)OCC(COC(=O)CCCCCCCCC/C=C\C/C=C\C/C=C\CC)OC(=O)CCCCCCCCCCCCCCCCCCCC. The summed E-state index contributed by atoms with van der Waals surface area (Å²) in [7, 11) is 0. The van der Waals surface area contributed by atoms with E-state index >= 15 is 0 Å². The molecule has 0 fully saturated rings. The Kier molecular flexibility index (Phi) is 59.3. The number of hydrogen-bond donors (Lipinski definition) is 0. The van der Waals surface area contributed by atoms with Crippen molar-refractivity contribution in [1.29, 1.82) is 0 Å². The molecular weight excluding hydrogens is 913 g/mol. The van der Waals surface area contributed by atoms with Crippen LogP contribution >= 0.6 is 0 Å². The number of allylic oxidation sites excluding steroid dienone is 14. The Hall–Kier alpha value is -3.41. The lowest BCUT2D eigenvalue weighted by Gasteiger charge is -2.18. The van der Waals surface area contributed by atoms with E-state index in [1.54, 1.807) is 0 Å². The standard InChI is InChI=1S/C68H118O6/c1-4-7-10-13-16-19-22-25-28-31-33-34-35-38-40-43-46-49-52-55-58-61-67(70)73-64-65(63-72-66(69)60-57-54-51-48-45-42-39-36-30-27-24-21-18-15-12-9-6-3)74-68(71)62-59-56-53-50-47-44-41-37-32-29-26-23-20-17-14-11-8-5-2/h7,9-10,12,16,18-19,21,25,27-28,30,33-34,65H,4-6,8,11,13-15,17,20,22-24,26,29,31-32,35-64H2,1-3H3/b10-7-,12-9-,19-16-,21-18-,28-25-,30-27-,34-33-. The Labute approximate surface area is 458 Å². The van der Waals surface area contributed by atoms with E-state index in [0.717, 1.165) is 116 Å². The van der Waals surface area contributed by atoms with E-state index in [4.69, 9.17) is 14.2 Å². The molecule has 1 atom stereocenters. The number of ether oxygens (including phenoxy) is 3. The number of rotatable bonds is 57. The minimum Gasteiger partial charge on any atom is -0.462 e. The molecule has 0 aromatic rings. The van der Waals surface area contributed by atoms with Gasteiger partial charge in [-0.1, -0.05) is 286 Å². The van der Waals surface area contributed by atoms with Gasteiger partial charge in [0.15, 0.2) is 6.10 Å². The Morgan fingerprint density at radius 3 is 0.824 bits per heavy atom. The first kappa shape index (κ1) is 70.6. The highest BCUT2D eigenvalue weighted by molar-refractivity contribution is 5.71. The first-order chi connectivity index (χ1) is 36.5. The average molecular weight is 1030 g/mol. The van der Waals surface area contributed by atoms with E-state index in [-0.39, 0.29) is 31.1 Å². The van der Waals surface area contributed by atoms with E-state index in [1.807, 2.05) is 0 Å². The zero-order chi connectivity index (χ0) is 53.6. The topological polar surface area (TPSA) is 78.9 Å². The van der Waals surface area contributed by atoms with E-state index in [2.05, 4.69) is 106 Å². The lowest BCUT2D eigenvalue weighted by Crippen LogP contribution is -2.30. The number of carbonyl (C=O) groups is 3. The van der Waals surface area contributed by atoms with Gasteiger partial charge in [-0.05, 0) is 89.9 Å². The maximum Gasteiger partial charge on any atom is 0.306 e. The normalized spacial score (nSPS) is 12.6. The Balaban J connectivity index is 4.38.